The molecule has 0 spiro atoms. The van der Waals surface area contributed by atoms with Gasteiger partial charge in [0.1, 0.15) is 0 Å². The summed E-state index contributed by atoms with van der Waals surface area (Å²) in [5.41, 5.74) is 3.43. The van der Waals surface area contributed by atoms with E-state index in [1.54, 1.807) is 17.5 Å². The summed E-state index contributed by atoms with van der Waals surface area (Å²) in [7, 11) is 0. The highest BCUT2D eigenvalue weighted by molar-refractivity contribution is 7.13. The normalized spacial score (nSPS) is 19.5. The molecular weight excluding hydrogens is 298 g/mol. The van der Waals surface area contributed by atoms with Crippen LogP contribution in [0.15, 0.2) is 36.0 Å². The van der Waals surface area contributed by atoms with Crippen molar-refractivity contribution in [1.82, 2.24) is 25.3 Å². The molecule has 4 rings (SSSR count). The van der Waals surface area contributed by atoms with Gasteiger partial charge in [-0.05, 0) is 17.5 Å². The fourth-order valence-electron chi connectivity index (χ4n) is 2.85. The van der Waals surface area contributed by atoms with Gasteiger partial charge in [-0.1, -0.05) is 6.07 Å². The number of rotatable bonds is 4. The van der Waals surface area contributed by atoms with Crippen LogP contribution in [0.1, 0.15) is 17.3 Å². The van der Waals surface area contributed by atoms with Gasteiger partial charge in [0.2, 0.25) is 0 Å². The minimum atomic E-state index is 0.210. The average molecular weight is 315 g/mol. The van der Waals surface area contributed by atoms with Crippen molar-refractivity contribution < 1.29 is 4.74 Å². The van der Waals surface area contributed by atoms with E-state index in [1.165, 1.54) is 10.4 Å². The molecule has 6 nitrogen and oxygen atoms in total. The number of morpholine rings is 1. The predicted octanol–water partition coefficient (Wildman–Crippen LogP) is 2.43. The highest BCUT2D eigenvalue weighted by Crippen LogP contribution is 2.30. The van der Waals surface area contributed by atoms with E-state index in [9.17, 15) is 0 Å². The van der Waals surface area contributed by atoms with Gasteiger partial charge in [0.05, 0.1) is 41.7 Å². The Morgan fingerprint density at radius 2 is 2.32 bits per heavy atom. The molecule has 0 radical (unpaired) electrons. The molecular formula is C15H17N5OS. The minimum Gasteiger partial charge on any atom is -0.378 e. The summed E-state index contributed by atoms with van der Waals surface area (Å²) in [5, 5.41) is 16.6. The van der Waals surface area contributed by atoms with Crippen LogP contribution in [0.3, 0.4) is 0 Å². The lowest BCUT2D eigenvalue weighted by atomic mass is 10.1. The molecule has 0 saturated carbocycles. The summed E-state index contributed by atoms with van der Waals surface area (Å²) in [6, 6.07) is 6.41. The van der Waals surface area contributed by atoms with Gasteiger partial charge < -0.3 is 4.74 Å². The smallest absolute Gasteiger partial charge is 0.0794 e. The second-order valence-corrected chi connectivity index (χ2v) is 6.27. The van der Waals surface area contributed by atoms with Gasteiger partial charge in [-0.3, -0.25) is 15.1 Å². The zero-order chi connectivity index (χ0) is 14.8. The van der Waals surface area contributed by atoms with Crippen molar-refractivity contribution in [3.63, 3.8) is 0 Å². The Hall–Kier alpha value is -1.96. The van der Waals surface area contributed by atoms with E-state index in [4.69, 9.17) is 4.74 Å². The first-order valence-electron chi connectivity index (χ1n) is 7.29. The minimum absolute atomic E-state index is 0.210. The van der Waals surface area contributed by atoms with Crippen molar-refractivity contribution in [2.24, 2.45) is 0 Å². The molecule has 4 heterocycles. The van der Waals surface area contributed by atoms with E-state index >= 15 is 0 Å². The van der Waals surface area contributed by atoms with Gasteiger partial charge in [-0.15, -0.1) is 11.3 Å². The standard InChI is InChI=1S/C15H17N5OS/c1-2-14(22-7-1)15-11(8-17-19-15)9-20-5-6-21-10-13(20)12-3-4-16-18-12/h1-4,7-8,13H,5-6,9-10H2,(H,16,18)(H,17,19). The van der Waals surface area contributed by atoms with E-state index in [1.807, 2.05) is 12.3 Å². The summed E-state index contributed by atoms with van der Waals surface area (Å²) in [4.78, 5) is 3.64. The van der Waals surface area contributed by atoms with E-state index in [2.05, 4.69) is 42.8 Å². The zero-order valence-electron chi connectivity index (χ0n) is 12.0. The number of hydrogen-bond donors (Lipinski definition) is 2. The van der Waals surface area contributed by atoms with Gasteiger partial charge in [0.25, 0.3) is 0 Å². The van der Waals surface area contributed by atoms with Crippen molar-refractivity contribution >= 4 is 11.3 Å². The Bertz CT molecular complexity index is 706. The Morgan fingerprint density at radius 3 is 3.14 bits per heavy atom. The highest BCUT2D eigenvalue weighted by atomic mass is 32.1. The third-order valence-corrected chi connectivity index (χ3v) is 4.87. The topological polar surface area (TPSA) is 69.8 Å². The van der Waals surface area contributed by atoms with Crippen LogP contribution in [0.2, 0.25) is 0 Å². The quantitative estimate of drug-likeness (QED) is 0.776. The monoisotopic (exact) mass is 315 g/mol. The molecule has 3 aromatic rings. The molecule has 0 amide bonds. The first-order chi connectivity index (χ1) is 10.9. The van der Waals surface area contributed by atoms with Gasteiger partial charge in [-0.25, -0.2) is 0 Å². The number of aromatic amines is 2. The van der Waals surface area contributed by atoms with Crippen LogP contribution in [0, 0.1) is 0 Å². The van der Waals surface area contributed by atoms with Crippen LogP contribution in [-0.4, -0.2) is 45.1 Å². The maximum Gasteiger partial charge on any atom is 0.0794 e. The van der Waals surface area contributed by atoms with E-state index < -0.39 is 0 Å². The zero-order valence-corrected chi connectivity index (χ0v) is 12.8. The predicted molar refractivity (Wildman–Crippen MR) is 84.5 cm³/mol. The second kappa shape index (κ2) is 6.04. The molecule has 7 heteroatoms. The molecule has 0 aliphatic carbocycles. The molecule has 1 aliphatic heterocycles. The van der Waals surface area contributed by atoms with Crippen molar-refractivity contribution in [2.45, 2.75) is 12.6 Å². The van der Waals surface area contributed by atoms with Crippen LogP contribution in [-0.2, 0) is 11.3 Å². The number of nitrogens with zero attached hydrogens (tertiary/aromatic N) is 3. The fourth-order valence-corrected chi connectivity index (χ4v) is 3.61. The summed E-state index contributed by atoms with van der Waals surface area (Å²) in [5.74, 6) is 0. The number of thiophene rings is 1. The van der Waals surface area contributed by atoms with Crippen molar-refractivity contribution in [3.05, 3.63) is 47.2 Å². The highest BCUT2D eigenvalue weighted by Gasteiger charge is 2.26. The summed E-state index contributed by atoms with van der Waals surface area (Å²) in [6.45, 7) is 3.20. The molecule has 2 N–H and O–H groups in total. The molecule has 0 bridgehead atoms. The van der Waals surface area contributed by atoms with Crippen molar-refractivity contribution in [1.29, 1.82) is 0 Å². The van der Waals surface area contributed by atoms with Gasteiger partial charge in [0.15, 0.2) is 0 Å². The lowest BCUT2D eigenvalue weighted by molar-refractivity contribution is -0.0142. The van der Waals surface area contributed by atoms with Crippen LogP contribution >= 0.6 is 11.3 Å². The Labute approximate surface area is 132 Å². The lowest BCUT2D eigenvalue weighted by Crippen LogP contribution is -2.39. The van der Waals surface area contributed by atoms with E-state index in [0.717, 1.165) is 31.1 Å². The van der Waals surface area contributed by atoms with Crippen LogP contribution in [0.5, 0.6) is 0 Å². The number of hydrogen-bond acceptors (Lipinski definition) is 5. The average Bonchev–Trinajstić information content (AvgIpc) is 3.30. The van der Waals surface area contributed by atoms with E-state index in [0.29, 0.717) is 6.61 Å². The molecule has 1 atom stereocenters. The second-order valence-electron chi connectivity index (χ2n) is 5.32. The summed E-state index contributed by atoms with van der Waals surface area (Å²) >= 11 is 1.72. The fraction of sp³-hybridized carbons (Fsp3) is 0.333. The Morgan fingerprint density at radius 1 is 1.32 bits per heavy atom. The molecule has 1 saturated heterocycles. The van der Waals surface area contributed by atoms with Crippen molar-refractivity contribution in [3.8, 4) is 10.6 Å². The molecule has 1 unspecified atom stereocenters. The number of aromatic nitrogens is 4. The molecule has 1 aliphatic rings. The number of ether oxygens (including phenoxy) is 1. The third kappa shape index (κ3) is 2.58. The summed E-state index contributed by atoms with van der Waals surface area (Å²) in [6.07, 6.45) is 3.71. The molecule has 3 aromatic heterocycles. The van der Waals surface area contributed by atoms with Gasteiger partial charge >= 0.3 is 0 Å². The van der Waals surface area contributed by atoms with E-state index in [-0.39, 0.29) is 6.04 Å². The maximum absolute atomic E-state index is 5.65. The third-order valence-electron chi connectivity index (χ3n) is 3.98. The number of H-pyrrole nitrogens is 2. The molecule has 0 aromatic carbocycles. The van der Waals surface area contributed by atoms with Crippen LogP contribution < -0.4 is 0 Å². The SMILES string of the molecule is c1csc(-c2[nH]ncc2CN2CCOCC2c2ccn[nH]2)c1. The number of nitrogens with one attached hydrogen (secondary N) is 2. The first-order valence-corrected chi connectivity index (χ1v) is 8.17. The maximum atomic E-state index is 5.65. The molecule has 1 fully saturated rings. The summed E-state index contributed by atoms with van der Waals surface area (Å²) < 4.78 is 5.65. The van der Waals surface area contributed by atoms with Crippen molar-refractivity contribution in [2.75, 3.05) is 19.8 Å². The largest absolute Gasteiger partial charge is 0.378 e. The Kier molecular flexibility index (Phi) is 3.75. The Balaban J connectivity index is 1.58. The van der Waals surface area contributed by atoms with Gasteiger partial charge in [0, 0.05) is 24.8 Å². The van der Waals surface area contributed by atoms with Gasteiger partial charge in [-0.2, -0.15) is 10.2 Å². The molecule has 22 heavy (non-hydrogen) atoms. The van der Waals surface area contributed by atoms with Crippen LogP contribution in [0.25, 0.3) is 10.6 Å². The first kappa shape index (κ1) is 13.7. The molecule has 114 valence electrons. The van der Waals surface area contributed by atoms with Crippen LogP contribution in [0.4, 0.5) is 0 Å². The lowest BCUT2D eigenvalue weighted by Gasteiger charge is -2.34.